The second kappa shape index (κ2) is 7.35. The molecule has 3 heteroatoms. The fraction of sp³-hybridized carbons (Fsp3) is 0.611. The summed E-state index contributed by atoms with van der Waals surface area (Å²) in [7, 11) is 0. The second-order valence-electron chi connectivity index (χ2n) is 6.34. The van der Waals surface area contributed by atoms with Crippen molar-refractivity contribution in [1.29, 1.82) is 0 Å². The Labute approximate surface area is 132 Å². The minimum atomic E-state index is -0.618. The zero-order valence-corrected chi connectivity index (χ0v) is 14.1. The van der Waals surface area contributed by atoms with Gasteiger partial charge in [0.15, 0.2) is 0 Å². The first kappa shape index (κ1) is 16.4. The van der Waals surface area contributed by atoms with Crippen molar-refractivity contribution in [2.75, 3.05) is 0 Å². The number of carboxylic acids is 1. The molecule has 0 spiro atoms. The molecule has 0 bridgehead atoms. The fourth-order valence-electron chi connectivity index (χ4n) is 3.29. The monoisotopic (exact) mass is 306 g/mol. The van der Waals surface area contributed by atoms with Crippen molar-refractivity contribution in [1.82, 2.24) is 0 Å². The van der Waals surface area contributed by atoms with Crippen molar-refractivity contribution >= 4 is 17.7 Å². The number of aliphatic carboxylic acids is 1. The molecule has 0 aromatic heterocycles. The molecule has 0 saturated heterocycles. The van der Waals surface area contributed by atoms with Crippen LogP contribution in [0.25, 0.3) is 0 Å². The maximum atomic E-state index is 11.6. The van der Waals surface area contributed by atoms with Crippen LogP contribution < -0.4 is 0 Å². The summed E-state index contributed by atoms with van der Waals surface area (Å²) in [4.78, 5) is 12.8. The average molecular weight is 306 g/mol. The molecule has 116 valence electrons. The Morgan fingerprint density at radius 2 is 2.10 bits per heavy atom. The highest BCUT2D eigenvalue weighted by Gasteiger charge is 2.35. The van der Waals surface area contributed by atoms with Crippen LogP contribution in [0.2, 0.25) is 0 Å². The molecule has 3 unspecified atom stereocenters. The van der Waals surface area contributed by atoms with Crippen molar-refractivity contribution < 1.29 is 9.90 Å². The van der Waals surface area contributed by atoms with E-state index in [9.17, 15) is 9.90 Å². The second-order valence-corrected chi connectivity index (χ2v) is 7.62. The van der Waals surface area contributed by atoms with Gasteiger partial charge in [-0.2, -0.15) is 0 Å². The lowest BCUT2D eigenvalue weighted by molar-refractivity contribution is -0.142. The van der Waals surface area contributed by atoms with Crippen LogP contribution >= 0.6 is 11.8 Å². The van der Waals surface area contributed by atoms with Gasteiger partial charge in [-0.15, -0.1) is 11.8 Å². The number of hydrogen-bond donors (Lipinski definition) is 1. The first-order chi connectivity index (χ1) is 10.0. The highest BCUT2D eigenvalue weighted by molar-refractivity contribution is 8.00. The van der Waals surface area contributed by atoms with Crippen LogP contribution in [0.3, 0.4) is 0 Å². The lowest BCUT2D eigenvalue weighted by atomic mass is 9.80. The first-order valence-electron chi connectivity index (χ1n) is 7.98. The third-order valence-electron chi connectivity index (χ3n) is 4.54. The third kappa shape index (κ3) is 4.26. The number of rotatable bonds is 5. The molecule has 0 aliphatic heterocycles. The maximum absolute atomic E-state index is 11.6. The van der Waals surface area contributed by atoms with Crippen LogP contribution in [-0.4, -0.2) is 16.3 Å². The smallest absolute Gasteiger partial charge is 0.307 e. The molecule has 2 rings (SSSR count). The number of benzene rings is 1. The molecular formula is C18H26O2S. The fourth-order valence-corrected chi connectivity index (χ4v) is 4.91. The minimum absolute atomic E-state index is 0.192. The average Bonchev–Trinajstić information content (AvgIpc) is 2.43. The van der Waals surface area contributed by atoms with Gasteiger partial charge in [-0.1, -0.05) is 37.5 Å². The van der Waals surface area contributed by atoms with Gasteiger partial charge < -0.3 is 5.11 Å². The topological polar surface area (TPSA) is 37.3 Å². The van der Waals surface area contributed by atoms with E-state index in [-0.39, 0.29) is 11.2 Å². The summed E-state index contributed by atoms with van der Waals surface area (Å²) in [5.41, 5.74) is 2.50. The molecule has 1 N–H and O–H groups in total. The number of carboxylic acid groups (broad SMARTS) is 1. The van der Waals surface area contributed by atoms with E-state index in [0.29, 0.717) is 5.92 Å². The lowest BCUT2D eigenvalue weighted by Gasteiger charge is -2.33. The Kier molecular flexibility index (Phi) is 5.74. The molecule has 2 nitrogen and oxygen atoms in total. The molecule has 3 atom stereocenters. The number of thioether (sulfide) groups is 1. The van der Waals surface area contributed by atoms with E-state index in [1.165, 1.54) is 28.9 Å². The van der Waals surface area contributed by atoms with Gasteiger partial charge in [0.05, 0.1) is 5.92 Å². The molecule has 1 aliphatic rings. The predicted octanol–water partition coefficient (Wildman–Crippen LogP) is 5.07. The van der Waals surface area contributed by atoms with Gasteiger partial charge in [0.1, 0.15) is 0 Å². The van der Waals surface area contributed by atoms with Crippen molar-refractivity contribution in [3.05, 3.63) is 29.3 Å². The molecular weight excluding hydrogens is 280 g/mol. The first-order valence-corrected chi connectivity index (χ1v) is 8.86. The van der Waals surface area contributed by atoms with Gasteiger partial charge in [-0.25, -0.2) is 0 Å². The van der Waals surface area contributed by atoms with Crippen LogP contribution in [-0.2, 0) is 4.79 Å². The molecule has 1 fully saturated rings. The van der Waals surface area contributed by atoms with Crippen LogP contribution in [0.4, 0.5) is 0 Å². The normalized spacial score (nSPS) is 25.8. The molecule has 21 heavy (non-hydrogen) atoms. The Hall–Kier alpha value is -0.960. The quantitative estimate of drug-likeness (QED) is 0.825. The summed E-state index contributed by atoms with van der Waals surface area (Å²) in [5.74, 6) is -0.107. The molecule has 1 aromatic carbocycles. The van der Waals surface area contributed by atoms with Crippen LogP contribution in [0.1, 0.15) is 50.2 Å². The molecule has 1 saturated carbocycles. The summed E-state index contributed by atoms with van der Waals surface area (Å²) >= 11 is 1.79. The van der Waals surface area contributed by atoms with E-state index < -0.39 is 5.97 Å². The van der Waals surface area contributed by atoms with Gasteiger partial charge in [0, 0.05) is 10.1 Å². The van der Waals surface area contributed by atoms with E-state index in [0.717, 1.165) is 19.3 Å². The molecule has 0 amide bonds. The largest absolute Gasteiger partial charge is 0.481 e. The summed E-state index contributed by atoms with van der Waals surface area (Å²) in [6.07, 6.45) is 5.39. The number of aryl methyl sites for hydroxylation is 2. The molecule has 1 aliphatic carbocycles. The van der Waals surface area contributed by atoms with Crippen molar-refractivity contribution in [2.24, 2.45) is 11.8 Å². The summed E-state index contributed by atoms with van der Waals surface area (Å²) in [5, 5.41) is 9.73. The summed E-state index contributed by atoms with van der Waals surface area (Å²) < 4.78 is 0. The predicted molar refractivity (Wildman–Crippen MR) is 88.9 cm³/mol. The lowest BCUT2D eigenvalue weighted by Crippen LogP contribution is -2.32. The van der Waals surface area contributed by atoms with Crippen LogP contribution in [0, 0.1) is 25.7 Å². The van der Waals surface area contributed by atoms with Gasteiger partial charge in [-0.05, 0) is 50.7 Å². The molecule has 0 radical (unpaired) electrons. The Balaban J connectivity index is 2.15. The Morgan fingerprint density at radius 3 is 2.76 bits per heavy atom. The van der Waals surface area contributed by atoms with E-state index in [2.05, 4.69) is 39.0 Å². The Morgan fingerprint density at radius 1 is 1.33 bits per heavy atom. The van der Waals surface area contributed by atoms with E-state index >= 15 is 0 Å². The number of carbonyl (C=O) groups is 1. The Bertz CT molecular complexity index is 498. The SMILES string of the molecule is CCCC1CCC(C(=O)O)C(Sc2cc(C)ccc2C)C1. The molecule has 1 aromatic rings. The standard InChI is InChI=1S/C18H26O2S/c1-4-5-14-8-9-15(18(19)20)17(11-14)21-16-10-12(2)6-7-13(16)3/h6-7,10,14-15,17H,4-5,8-9,11H2,1-3H3,(H,19,20). The van der Waals surface area contributed by atoms with Gasteiger partial charge in [0.2, 0.25) is 0 Å². The van der Waals surface area contributed by atoms with Crippen LogP contribution in [0.5, 0.6) is 0 Å². The summed E-state index contributed by atoms with van der Waals surface area (Å²) in [6, 6.07) is 6.46. The van der Waals surface area contributed by atoms with Gasteiger partial charge in [0.25, 0.3) is 0 Å². The van der Waals surface area contributed by atoms with Crippen molar-refractivity contribution in [2.45, 2.75) is 63.0 Å². The zero-order chi connectivity index (χ0) is 15.4. The summed E-state index contributed by atoms with van der Waals surface area (Å²) in [6.45, 7) is 6.43. The minimum Gasteiger partial charge on any atom is -0.481 e. The van der Waals surface area contributed by atoms with E-state index in [1.807, 2.05) is 0 Å². The highest BCUT2D eigenvalue weighted by atomic mass is 32.2. The van der Waals surface area contributed by atoms with Crippen molar-refractivity contribution in [3.8, 4) is 0 Å². The zero-order valence-electron chi connectivity index (χ0n) is 13.3. The van der Waals surface area contributed by atoms with Gasteiger partial charge in [-0.3, -0.25) is 4.79 Å². The maximum Gasteiger partial charge on any atom is 0.307 e. The van der Waals surface area contributed by atoms with Gasteiger partial charge >= 0.3 is 5.97 Å². The number of hydrogen-bond acceptors (Lipinski definition) is 2. The third-order valence-corrected chi connectivity index (χ3v) is 6.05. The van der Waals surface area contributed by atoms with E-state index in [1.54, 1.807) is 11.8 Å². The molecule has 0 heterocycles. The van der Waals surface area contributed by atoms with E-state index in [4.69, 9.17) is 0 Å². The van der Waals surface area contributed by atoms with Crippen molar-refractivity contribution in [3.63, 3.8) is 0 Å². The van der Waals surface area contributed by atoms with Crippen LogP contribution in [0.15, 0.2) is 23.1 Å². The highest BCUT2D eigenvalue weighted by Crippen LogP contribution is 2.42.